The number of ketones is 1. The first-order valence-corrected chi connectivity index (χ1v) is 2.91. The molecule has 0 heterocycles. The molecule has 2 heteroatoms. The van der Waals surface area contributed by atoms with Crippen molar-refractivity contribution in [3.8, 4) is 0 Å². The van der Waals surface area contributed by atoms with E-state index in [-0.39, 0.29) is 18.0 Å². The van der Waals surface area contributed by atoms with Crippen LogP contribution in [-0.2, 0) is 4.79 Å². The fourth-order valence-corrected chi connectivity index (χ4v) is 0.946. The molecule has 1 rings (SSSR count). The van der Waals surface area contributed by atoms with E-state index in [2.05, 4.69) is 0 Å². The zero-order valence-corrected chi connectivity index (χ0v) is 8.12. The van der Waals surface area contributed by atoms with Crippen molar-refractivity contribution < 1.29 is 4.79 Å². The Balaban J connectivity index is 0.000000490. The van der Waals surface area contributed by atoms with Crippen molar-refractivity contribution in [1.82, 2.24) is 0 Å². The van der Waals surface area contributed by atoms with E-state index in [0.717, 1.165) is 25.7 Å². The average molecular weight is 176 g/mol. The Bertz CT molecular complexity index is 72.6. The van der Waals surface area contributed by atoms with Gasteiger partial charge in [0.05, 0.1) is 0 Å². The standard InChI is InChI=1S/C6H10O.AsH3/c7-6-4-2-1-3-5-6;/h1-5H2;1H3. The molecule has 1 atom stereocenters. The molecular weight excluding hydrogens is 163 g/mol. The zero-order valence-electron chi connectivity index (χ0n) is 5.15. The quantitative estimate of drug-likeness (QED) is 0.486. The summed E-state index contributed by atoms with van der Waals surface area (Å²) in [6, 6.07) is 0. The topological polar surface area (TPSA) is 17.1 Å². The van der Waals surface area contributed by atoms with Crippen LogP contribution < -0.4 is 0 Å². The van der Waals surface area contributed by atoms with Gasteiger partial charge in [-0.15, -0.1) is 0 Å². The molecule has 1 saturated carbocycles. The number of carbonyl (C=O) groups excluding carboxylic acids is 1. The van der Waals surface area contributed by atoms with Crippen molar-refractivity contribution in [2.24, 2.45) is 0 Å². The molecule has 0 radical (unpaired) electrons. The molecule has 0 amide bonds. The van der Waals surface area contributed by atoms with Gasteiger partial charge in [-0.1, -0.05) is 6.42 Å². The van der Waals surface area contributed by atoms with Gasteiger partial charge in [-0.2, -0.15) is 0 Å². The monoisotopic (exact) mass is 176 g/mol. The van der Waals surface area contributed by atoms with E-state index in [4.69, 9.17) is 0 Å². The van der Waals surface area contributed by atoms with Crippen LogP contribution in [0, 0.1) is 0 Å². The zero-order chi connectivity index (χ0) is 5.11. The number of carbonyl (C=O) groups is 1. The summed E-state index contributed by atoms with van der Waals surface area (Å²) in [5.41, 5.74) is 0. The molecule has 0 saturated heterocycles. The third-order valence-corrected chi connectivity index (χ3v) is 1.41. The van der Waals surface area contributed by atoms with Gasteiger partial charge < -0.3 is 0 Å². The van der Waals surface area contributed by atoms with E-state index < -0.39 is 0 Å². The molecule has 8 heavy (non-hydrogen) atoms. The van der Waals surface area contributed by atoms with Crippen LogP contribution in [0.2, 0.25) is 0 Å². The summed E-state index contributed by atoms with van der Waals surface area (Å²) in [6.07, 6.45) is 5.24. The fourth-order valence-electron chi connectivity index (χ4n) is 0.946. The second-order valence-corrected chi connectivity index (χ2v) is 2.10. The molecular formula is C6H13AsO. The Morgan fingerprint density at radius 1 is 1.00 bits per heavy atom. The third-order valence-electron chi connectivity index (χ3n) is 1.41. The molecule has 1 aliphatic rings. The van der Waals surface area contributed by atoms with Crippen molar-refractivity contribution in [2.75, 3.05) is 0 Å². The Morgan fingerprint density at radius 2 is 1.50 bits per heavy atom. The Labute approximate surface area is 61.2 Å². The van der Waals surface area contributed by atoms with Crippen molar-refractivity contribution in [3.63, 3.8) is 0 Å². The van der Waals surface area contributed by atoms with Gasteiger partial charge in [0.2, 0.25) is 0 Å². The molecule has 0 bridgehead atoms. The molecule has 0 spiro atoms. The van der Waals surface area contributed by atoms with Crippen LogP contribution >= 0.6 is 0 Å². The second-order valence-electron chi connectivity index (χ2n) is 2.10. The number of Topliss-reactive ketones (excluding diaryl/α,β-unsaturated/α-hetero) is 1. The Kier molecular flexibility index (Phi) is 4.26. The minimum atomic E-state index is 0. The van der Waals surface area contributed by atoms with Gasteiger partial charge in [0.25, 0.3) is 0 Å². The van der Waals surface area contributed by atoms with Gasteiger partial charge in [0.1, 0.15) is 5.78 Å². The molecule has 0 N–H and O–H groups in total. The average Bonchev–Trinajstić information content (AvgIpc) is 1.69. The molecule has 0 aromatic carbocycles. The fraction of sp³-hybridized carbons (Fsp3) is 0.833. The first kappa shape index (κ1) is 8.23. The summed E-state index contributed by atoms with van der Waals surface area (Å²) in [4.78, 5) is 10.5. The summed E-state index contributed by atoms with van der Waals surface area (Å²) in [5.74, 6) is 0.464. The van der Waals surface area contributed by atoms with Crippen LogP contribution in [0.5, 0.6) is 0 Å². The van der Waals surface area contributed by atoms with Crippen LogP contribution in [0.3, 0.4) is 0 Å². The predicted octanol–water partition coefficient (Wildman–Crippen LogP) is 0.336. The van der Waals surface area contributed by atoms with E-state index >= 15 is 0 Å². The Morgan fingerprint density at radius 3 is 1.75 bits per heavy atom. The maximum absolute atomic E-state index is 10.5. The summed E-state index contributed by atoms with van der Waals surface area (Å²) >= 11 is 0. The van der Waals surface area contributed by atoms with Gasteiger partial charge in [0, 0.05) is 12.8 Å². The molecule has 0 aliphatic heterocycles. The Hall–Kier alpha value is 0.228. The van der Waals surface area contributed by atoms with Gasteiger partial charge in [-0.3, -0.25) is 4.79 Å². The van der Waals surface area contributed by atoms with E-state index in [1.807, 2.05) is 0 Å². The van der Waals surface area contributed by atoms with Gasteiger partial charge in [-0.25, -0.2) is 0 Å². The molecule has 1 nitrogen and oxygen atoms in total. The summed E-state index contributed by atoms with van der Waals surface area (Å²) in [7, 11) is 0. The molecule has 1 aliphatic carbocycles. The van der Waals surface area contributed by atoms with Crippen molar-refractivity contribution in [3.05, 3.63) is 0 Å². The molecule has 0 aromatic heterocycles. The third kappa shape index (κ3) is 2.51. The second kappa shape index (κ2) is 4.14. The maximum atomic E-state index is 10.5. The van der Waals surface area contributed by atoms with Gasteiger partial charge in [-0.05, 0) is 12.8 Å². The van der Waals surface area contributed by atoms with E-state index in [0.29, 0.717) is 5.78 Å². The van der Waals surface area contributed by atoms with Crippen LogP contribution in [0.15, 0.2) is 0 Å². The van der Waals surface area contributed by atoms with Crippen molar-refractivity contribution in [2.45, 2.75) is 32.1 Å². The molecule has 1 fully saturated rings. The molecule has 1 unspecified atom stereocenters. The van der Waals surface area contributed by atoms with Crippen LogP contribution in [0.1, 0.15) is 32.1 Å². The normalized spacial score (nSPS) is 19.8. The summed E-state index contributed by atoms with van der Waals surface area (Å²) in [5, 5.41) is 0. The van der Waals surface area contributed by atoms with Crippen LogP contribution in [0.4, 0.5) is 0 Å². The van der Waals surface area contributed by atoms with E-state index in [1.54, 1.807) is 0 Å². The number of hydrogen-bond donors (Lipinski definition) is 0. The summed E-state index contributed by atoms with van der Waals surface area (Å²) in [6.45, 7) is 0. The first-order chi connectivity index (χ1) is 3.39. The number of rotatable bonds is 0. The SMILES string of the molecule is O=C1CCCCC1.[AsH3]. The van der Waals surface area contributed by atoms with E-state index in [1.165, 1.54) is 6.42 Å². The predicted molar refractivity (Wildman–Crippen MR) is 38.0 cm³/mol. The molecule has 48 valence electrons. The van der Waals surface area contributed by atoms with E-state index in [9.17, 15) is 4.79 Å². The first-order valence-electron chi connectivity index (χ1n) is 2.91. The van der Waals surface area contributed by atoms with Crippen molar-refractivity contribution >= 4 is 23.7 Å². The molecule has 0 aromatic rings. The minimum absolute atomic E-state index is 0. The summed E-state index contributed by atoms with van der Waals surface area (Å²) < 4.78 is 0. The van der Waals surface area contributed by atoms with Gasteiger partial charge in [0.15, 0.2) is 0 Å². The van der Waals surface area contributed by atoms with Gasteiger partial charge >= 0.3 is 18.0 Å². The van der Waals surface area contributed by atoms with Crippen molar-refractivity contribution in [1.29, 1.82) is 0 Å². The number of hydrogen-bond acceptors (Lipinski definition) is 1. The van der Waals surface area contributed by atoms with Crippen LogP contribution in [0.25, 0.3) is 0 Å². The van der Waals surface area contributed by atoms with Crippen LogP contribution in [-0.4, -0.2) is 23.7 Å².